The van der Waals surface area contributed by atoms with E-state index in [2.05, 4.69) is 9.97 Å². The number of rotatable bonds is 5. The molecular weight excluding hydrogens is 304 g/mol. The fraction of sp³-hybridized carbons (Fsp3) is 0.643. The lowest BCUT2D eigenvalue weighted by Gasteiger charge is -2.21. The van der Waals surface area contributed by atoms with Gasteiger partial charge >= 0.3 is 0 Å². The van der Waals surface area contributed by atoms with Crippen LogP contribution in [0.25, 0.3) is 0 Å². The third kappa shape index (κ3) is 4.01. The largest absolute Gasteiger partial charge is 0.349 e. The Bertz CT molecular complexity index is 628. The van der Waals surface area contributed by atoms with Gasteiger partial charge in [0, 0.05) is 33.3 Å². The maximum Gasteiger partial charge on any atom is 0.222 e. The molecular formula is C14H22N4O3S. The molecule has 0 bridgehead atoms. The van der Waals surface area contributed by atoms with Gasteiger partial charge in [-0.25, -0.2) is 8.42 Å². The predicted molar refractivity (Wildman–Crippen MR) is 82.6 cm³/mol. The Kier molecular flexibility index (Phi) is 5.12. The van der Waals surface area contributed by atoms with Crippen molar-refractivity contribution in [2.75, 3.05) is 26.9 Å². The second-order valence-electron chi connectivity index (χ2n) is 5.75. The molecule has 0 spiro atoms. The number of carbonyl (C=O) groups is 1. The Balaban J connectivity index is 2.04. The van der Waals surface area contributed by atoms with Gasteiger partial charge < -0.3 is 4.90 Å². The summed E-state index contributed by atoms with van der Waals surface area (Å²) in [5, 5.41) is 0. The van der Waals surface area contributed by atoms with Crippen molar-refractivity contribution in [1.29, 1.82) is 0 Å². The Morgan fingerprint density at radius 2 is 2.09 bits per heavy atom. The number of amides is 1. The van der Waals surface area contributed by atoms with Crippen molar-refractivity contribution in [2.24, 2.45) is 0 Å². The van der Waals surface area contributed by atoms with Crippen LogP contribution in [0.2, 0.25) is 0 Å². The van der Waals surface area contributed by atoms with E-state index in [1.807, 2.05) is 0 Å². The summed E-state index contributed by atoms with van der Waals surface area (Å²) >= 11 is 0. The topological polar surface area (TPSA) is 83.5 Å². The Morgan fingerprint density at radius 3 is 2.64 bits per heavy atom. The second kappa shape index (κ2) is 6.70. The van der Waals surface area contributed by atoms with Crippen molar-refractivity contribution < 1.29 is 13.2 Å². The highest BCUT2D eigenvalue weighted by Gasteiger charge is 2.33. The predicted octanol–water partition coefficient (Wildman–Crippen LogP) is 0.594. The molecule has 0 radical (unpaired) electrons. The molecule has 122 valence electrons. The third-order valence-electron chi connectivity index (χ3n) is 3.79. The monoisotopic (exact) mass is 326 g/mol. The van der Waals surface area contributed by atoms with E-state index in [9.17, 15) is 13.2 Å². The Morgan fingerprint density at radius 1 is 1.36 bits per heavy atom. The summed E-state index contributed by atoms with van der Waals surface area (Å²) in [6.07, 6.45) is 7.00. The molecule has 1 amide bonds. The van der Waals surface area contributed by atoms with Crippen LogP contribution in [0.4, 0.5) is 0 Å². The molecule has 0 saturated carbocycles. The van der Waals surface area contributed by atoms with Gasteiger partial charge in [0.05, 0.1) is 29.9 Å². The first-order valence-electron chi connectivity index (χ1n) is 7.27. The number of aromatic nitrogens is 2. The fourth-order valence-corrected chi connectivity index (χ4v) is 3.69. The standard InChI is InChI=1S/C14H22N4O3S/c1-17(2)14(19)7-6-11-9-16-12(10-15-11)13-5-4-8-18(13)22(3,20)21/h9-10,13H,4-8H2,1-3H3/t13-/m1/s1. The summed E-state index contributed by atoms with van der Waals surface area (Å²) in [6, 6.07) is -0.222. The van der Waals surface area contributed by atoms with Crippen LogP contribution in [0.1, 0.15) is 36.7 Å². The molecule has 1 atom stereocenters. The third-order valence-corrected chi connectivity index (χ3v) is 5.08. The minimum Gasteiger partial charge on any atom is -0.349 e. The van der Waals surface area contributed by atoms with Gasteiger partial charge in [-0.05, 0) is 19.3 Å². The normalized spacial score (nSPS) is 19.3. The van der Waals surface area contributed by atoms with E-state index in [-0.39, 0.29) is 11.9 Å². The van der Waals surface area contributed by atoms with E-state index in [0.29, 0.717) is 25.1 Å². The molecule has 0 unspecified atom stereocenters. The van der Waals surface area contributed by atoms with Crippen LogP contribution in [-0.2, 0) is 21.2 Å². The summed E-state index contributed by atoms with van der Waals surface area (Å²) in [5.41, 5.74) is 1.41. The van der Waals surface area contributed by atoms with Gasteiger partial charge in [0.1, 0.15) is 0 Å². The number of hydrogen-bond donors (Lipinski definition) is 0. The van der Waals surface area contributed by atoms with Gasteiger partial charge in [-0.1, -0.05) is 0 Å². The molecule has 22 heavy (non-hydrogen) atoms. The average molecular weight is 326 g/mol. The summed E-state index contributed by atoms with van der Waals surface area (Å²) in [4.78, 5) is 21.8. The van der Waals surface area contributed by atoms with E-state index in [1.54, 1.807) is 31.4 Å². The van der Waals surface area contributed by atoms with Crippen molar-refractivity contribution in [3.05, 3.63) is 23.8 Å². The molecule has 1 aromatic rings. The summed E-state index contributed by atoms with van der Waals surface area (Å²) in [5.74, 6) is 0.0462. The van der Waals surface area contributed by atoms with E-state index < -0.39 is 10.0 Å². The van der Waals surface area contributed by atoms with Crippen LogP contribution in [0.15, 0.2) is 12.4 Å². The highest BCUT2D eigenvalue weighted by molar-refractivity contribution is 7.88. The molecule has 2 rings (SSSR count). The highest BCUT2D eigenvalue weighted by Crippen LogP contribution is 2.32. The second-order valence-corrected chi connectivity index (χ2v) is 7.69. The van der Waals surface area contributed by atoms with Crippen molar-refractivity contribution in [3.8, 4) is 0 Å². The Hall–Kier alpha value is -1.54. The first-order valence-corrected chi connectivity index (χ1v) is 9.11. The van der Waals surface area contributed by atoms with Crippen molar-refractivity contribution in [2.45, 2.75) is 31.7 Å². The van der Waals surface area contributed by atoms with Crippen LogP contribution in [-0.4, -0.2) is 60.4 Å². The fourth-order valence-electron chi connectivity index (χ4n) is 2.56. The maximum atomic E-state index is 11.8. The molecule has 1 aromatic heterocycles. The van der Waals surface area contributed by atoms with Gasteiger partial charge in [-0.2, -0.15) is 4.31 Å². The number of sulfonamides is 1. The lowest BCUT2D eigenvalue weighted by atomic mass is 10.1. The van der Waals surface area contributed by atoms with Crippen LogP contribution in [0, 0.1) is 0 Å². The highest BCUT2D eigenvalue weighted by atomic mass is 32.2. The number of aryl methyl sites for hydroxylation is 1. The zero-order valence-electron chi connectivity index (χ0n) is 13.2. The van der Waals surface area contributed by atoms with Crippen LogP contribution < -0.4 is 0 Å². The average Bonchev–Trinajstić information content (AvgIpc) is 2.94. The molecule has 2 heterocycles. The van der Waals surface area contributed by atoms with Gasteiger partial charge in [0.15, 0.2) is 0 Å². The molecule has 8 heteroatoms. The van der Waals surface area contributed by atoms with Crippen LogP contribution in [0.5, 0.6) is 0 Å². The minimum atomic E-state index is -3.23. The minimum absolute atomic E-state index is 0.0462. The van der Waals surface area contributed by atoms with Crippen LogP contribution >= 0.6 is 0 Å². The SMILES string of the molecule is CN(C)C(=O)CCc1cnc([C@H]2CCCN2S(C)(=O)=O)cn1. The van der Waals surface area contributed by atoms with E-state index in [4.69, 9.17) is 0 Å². The van der Waals surface area contributed by atoms with Gasteiger partial charge in [0.25, 0.3) is 0 Å². The van der Waals surface area contributed by atoms with Crippen molar-refractivity contribution in [3.63, 3.8) is 0 Å². The first-order chi connectivity index (χ1) is 10.3. The van der Waals surface area contributed by atoms with Crippen molar-refractivity contribution in [1.82, 2.24) is 19.2 Å². The summed E-state index contributed by atoms with van der Waals surface area (Å²) in [6.45, 7) is 0.532. The molecule has 1 aliphatic rings. The quantitative estimate of drug-likeness (QED) is 0.791. The zero-order chi connectivity index (χ0) is 16.3. The number of nitrogens with zero attached hydrogens (tertiary/aromatic N) is 4. The van der Waals surface area contributed by atoms with Gasteiger partial charge in [-0.3, -0.25) is 14.8 Å². The molecule has 0 aliphatic carbocycles. The summed E-state index contributed by atoms with van der Waals surface area (Å²) in [7, 11) is 0.213. The summed E-state index contributed by atoms with van der Waals surface area (Å²) < 4.78 is 25.0. The van der Waals surface area contributed by atoms with Crippen molar-refractivity contribution >= 4 is 15.9 Å². The molecule has 1 fully saturated rings. The number of hydrogen-bond acceptors (Lipinski definition) is 5. The molecule has 0 aromatic carbocycles. The molecule has 1 aliphatic heterocycles. The van der Waals surface area contributed by atoms with Crippen LogP contribution in [0.3, 0.4) is 0 Å². The number of carbonyl (C=O) groups excluding carboxylic acids is 1. The molecule has 1 saturated heterocycles. The Labute approximate surface area is 131 Å². The smallest absolute Gasteiger partial charge is 0.222 e. The van der Waals surface area contributed by atoms with Gasteiger partial charge in [0.2, 0.25) is 15.9 Å². The molecule has 7 nitrogen and oxygen atoms in total. The van der Waals surface area contributed by atoms with Gasteiger partial charge in [-0.15, -0.1) is 0 Å². The lowest BCUT2D eigenvalue weighted by Crippen LogP contribution is -2.30. The van der Waals surface area contributed by atoms with E-state index >= 15 is 0 Å². The maximum absolute atomic E-state index is 11.8. The van der Waals surface area contributed by atoms with E-state index in [0.717, 1.165) is 18.5 Å². The lowest BCUT2D eigenvalue weighted by molar-refractivity contribution is -0.128. The first kappa shape index (κ1) is 16.8. The van der Waals surface area contributed by atoms with E-state index in [1.165, 1.54) is 10.6 Å². The molecule has 0 N–H and O–H groups in total. The zero-order valence-corrected chi connectivity index (χ0v) is 14.0.